The van der Waals surface area contributed by atoms with Crippen molar-refractivity contribution in [1.29, 1.82) is 0 Å². The van der Waals surface area contributed by atoms with Gasteiger partial charge >= 0.3 is 5.97 Å². The van der Waals surface area contributed by atoms with Gasteiger partial charge in [0.15, 0.2) is 0 Å². The summed E-state index contributed by atoms with van der Waals surface area (Å²) in [5.74, 6) is -1.60. The van der Waals surface area contributed by atoms with Crippen LogP contribution in [0.4, 0.5) is 4.39 Å². The minimum atomic E-state index is -1.01. The topological polar surface area (TPSA) is 49.3 Å². The molecule has 0 spiro atoms. The molecule has 16 heavy (non-hydrogen) atoms. The van der Waals surface area contributed by atoms with Gasteiger partial charge in [0.1, 0.15) is 11.9 Å². The van der Waals surface area contributed by atoms with Gasteiger partial charge in [0.25, 0.3) is 0 Å². The van der Waals surface area contributed by atoms with Crippen LogP contribution in [0.15, 0.2) is 18.2 Å². The fourth-order valence-electron chi connectivity index (χ4n) is 1.49. The Balaban J connectivity index is 2.22. The third-order valence-electron chi connectivity index (χ3n) is 2.50. The van der Waals surface area contributed by atoms with Gasteiger partial charge in [-0.2, -0.15) is 0 Å². The van der Waals surface area contributed by atoms with Gasteiger partial charge in [0, 0.05) is 6.04 Å². The molecule has 1 atom stereocenters. The lowest BCUT2D eigenvalue weighted by molar-refractivity contribution is -0.139. The molecule has 3 nitrogen and oxygen atoms in total. The second kappa shape index (κ2) is 4.39. The number of aliphatic carboxylic acids is 1. The van der Waals surface area contributed by atoms with E-state index in [1.54, 1.807) is 0 Å². The Hall–Kier alpha value is -1.13. The average molecular weight is 244 g/mol. The second-order valence-electron chi connectivity index (χ2n) is 3.89. The van der Waals surface area contributed by atoms with E-state index < -0.39 is 17.8 Å². The predicted molar refractivity (Wildman–Crippen MR) is 57.9 cm³/mol. The summed E-state index contributed by atoms with van der Waals surface area (Å²) in [6, 6.07) is 3.44. The number of benzene rings is 1. The molecule has 0 saturated heterocycles. The quantitative estimate of drug-likeness (QED) is 0.854. The molecule has 1 saturated carbocycles. The van der Waals surface area contributed by atoms with Crippen LogP contribution in [0.2, 0.25) is 5.02 Å². The molecule has 86 valence electrons. The lowest BCUT2D eigenvalue weighted by Gasteiger charge is -2.14. The smallest absolute Gasteiger partial charge is 0.325 e. The van der Waals surface area contributed by atoms with Gasteiger partial charge in [0.2, 0.25) is 0 Å². The summed E-state index contributed by atoms with van der Waals surface area (Å²) in [4.78, 5) is 11.0. The first-order chi connectivity index (χ1) is 7.58. The summed E-state index contributed by atoms with van der Waals surface area (Å²) in [6.07, 6.45) is 1.94. The van der Waals surface area contributed by atoms with Crippen LogP contribution >= 0.6 is 11.6 Å². The number of nitrogens with one attached hydrogen (secondary N) is 1. The van der Waals surface area contributed by atoms with Crippen LogP contribution in [0.1, 0.15) is 24.4 Å². The van der Waals surface area contributed by atoms with Crippen LogP contribution in [0.25, 0.3) is 0 Å². The molecule has 5 heteroatoms. The van der Waals surface area contributed by atoms with E-state index in [1.807, 2.05) is 0 Å². The van der Waals surface area contributed by atoms with E-state index in [0.717, 1.165) is 18.9 Å². The Morgan fingerprint density at radius 3 is 2.75 bits per heavy atom. The molecule has 0 radical (unpaired) electrons. The molecular weight excluding hydrogens is 233 g/mol. The van der Waals surface area contributed by atoms with Gasteiger partial charge in [0.05, 0.1) is 5.02 Å². The minimum Gasteiger partial charge on any atom is -0.480 e. The lowest BCUT2D eigenvalue weighted by Crippen LogP contribution is -2.30. The van der Waals surface area contributed by atoms with Crippen LogP contribution in [0.3, 0.4) is 0 Å². The van der Waals surface area contributed by atoms with Crippen molar-refractivity contribution in [3.05, 3.63) is 34.6 Å². The highest BCUT2D eigenvalue weighted by Crippen LogP contribution is 2.26. The number of hydrogen-bond donors (Lipinski definition) is 2. The van der Waals surface area contributed by atoms with Crippen LogP contribution < -0.4 is 5.32 Å². The molecule has 0 aliphatic heterocycles. The van der Waals surface area contributed by atoms with E-state index in [4.69, 9.17) is 16.7 Å². The molecule has 0 heterocycles. The molecule has 1 aliphatic rings. The number of carbonyl (C=O) groups is 1. The van der Waals surface area contributed by atoms with E-state index in [0.29, 0.717) is 5.56 Å². The fraction of sp³-hybridized carbons (Fsp3) is 0.364. The molecule has 1 aromatic rings. The second-order valence-corrected chi connectivity index (χ2v) is 4.29. The van der Waals surface area contributed by atoms with Crippen molar-refractivity contribution in [2.45, 2.75) is 24.9 Å². The van der Waals surface area contributed by atoms with Crippen molar-refractivity contribution >= 4 is 17.6 Å². The summed E-state index contributed by atoms with van der Waals surface area (Å²) in [6.45, 7) is 0. The van der Waals surface area contributed by atoms with Crippen LogP contribution in [0.5, 0.6) is 0 Å². The van der Waals surface area contributed by atoms with Crippen molar-refractivity contribution in [2.24, 2.45) is 0 Å². The Bertz CT molecular complexity index is 420. The molecule has 0 amide bonds. The number of rotatable bonds is 4. The lowest BCUT2D eigenvalue weighted by atomic mass is 10.1. The van der Waals surface area contributed by atoms with Gasteiger partial charge in [-0.05, 0) is 30.5 Å². The summed E-state index contributed by atoms with van der Waals surface area (Å²) in [5.41, 5.74) is 0.390. The number of halogens is 2. The third-order valence-corrected chi connectivity index (χ3v) is 2.81. The molecule has 2 rings (SSSR count). The number of carboxylic acids is 1. The van der Waals surface area contributed by atoms with Crippen molar-refractivity contribution in [3.63, 3.8) is 0 Å². The van der Waals surface area contributed by atoms with Crippen molar-refractivity contribution < 1.29 is 14.3 Å². The van der Waals surface area contributed by atoms with Gasteiger partial charge in [-0.15, -0.1) is 0 Å². The van der Waals surface area contributed by atoms with Gasteiger partial charge in [-0.1, -0.05) is 17.7 Å². The summed E-state index contributed by atoms with van der Waals surface area (Å²) < 4.78 is 13.2. The summed E-state index contributed by atoms with van der Waals surface area (Å²) >= 11 is 5.54. The fourth-order valence-corrected chi connectivity index (χ4v) is 1.61. The zero-order chi connectivity index (χ0) is 11.7. The van der Waals surface area contributed by atoms with Crippen LogP contribution in [-0.4, -0.2) is 17.1 Å². The first kappa shape index (κ1) is 11.4. The Labute approximate surface area is 97.2 Å². The maximum absolute atomic E-state index is 13.2. The van der Waals surface area contributed by atoms with E-state index in [-0.39, 0.29) is 11.1 Å². The highest BCUT2D eigenvalue weighted by molar-refractivity contribution is 6.30. The molecule has 1 fully saturated rings. The molecule has 0 bridgehead atoms. The normalized spacial score (nSPS) is 17.1. The molecule has 1 unspecified atom stereocenters. The molecule has 1 aliphatic carbocycles. The first-order valence-corrected chi connectivity index (χ1v) is 5.39. The maximum atomic E-state index is 13.2. The predicted octanol–water partition coefficient (Wildman–Crippen LogP) is 2.36. The number of hydrogen-bond acceptors (Lipinski definition) is 2. The maximum Gasteiger partial charge on any atom is 0.325 e. The van der Waals surface area contributed by atoms with E-state index >= 15 is 0 Å². The van der Waals surface area contributed by atoms with Crippen molar-refractivity contribution in [2.75, 3.05) is 0 Å². The molecule has 2 N–H and O–H groups in total. The van der Waals surface area contributed by atoms with Crippen molar-refractivity contribution in [1.82, 2.24) is 5.32 Å². The monoisotopic (exact) mass is 243 g/mol. The number of carboxylic acid groups (broad SMARTS) is 1. The highest BCUT2D eigenvalue weighted by Gasteiger charge is 2.29. The average Bonchev–Trinajstić information content (AvgIpc) is 3.02. The standard InChI is InChI=1S/C11H11ClFNO2/c12-8-4-1-6(5-9(8)13)10(11(15)16)14-7-2-3-7/h1,4-5,7,10,14H,2-3H2,(H,15,16). The summed E-state index contributed by atoms with van der Waals surface area (Å²) in [5, 5.41) is 12.0. The third kappa shape index (κ3) is 2.51. The molecular formula is C11H11ClFNO2. The van der Waals surface area contributed by atoms with E-state index in [2.05, 4.69) is 5.32 Å². The SMILES string of the molecule is O=C(O)C(NC1CC1)c1ccc(Cl)c(F)c1. The Kier molecular flexibility index (Phi) is 3.12. The molecule has 0 aromatic heterocycles. The summed E-state index contributed by atoms with van der Waals surface area (Å²) in [7, 11) is 0. The largest absolute Gasteiger partial charge is 0.480 e. The van der Waals surface area contributed by atoms with E-state index in [1.165, 1.54) is 12.1 Å². The van der Waals surface area contributed by atoms with Gasteiger partial charge in [-0.3, -0.25) is 10.1 Å². The van der Waals surface area contributed by atoms with Gasteiger partial charge < -0.3 is 5.11 Å². The Morgan fingerprint density at radius 2 is 2.25 bits per heavy atom. The first-order valence-electron chi connectivity index (χ1n) is 5.01. The highest BCUT2D eigenvalue weighted by atomic mass is 35.5. The Morgan fingerprint density at radius 1 is 1.56 bits per heavy atom. The van der Waals surface area contributed by atoms with Gasteiger partial charge in [-0.25, -0.2) is 4.39 Å². The zero-order valence-corrected chi connectivity index (χ0v) is 9.17. The minimum absolute atomic E-state index is 0.000638. The molecule has 1 aromatic carbocycles. The van der Waals surface area contributed by atoms with E-state index in [9.17, 15) is 9.18 Å². The zero-order valence-electron chi connectivity index (χ0n) is 8.41. The van der Waals surface area contributed by atoms with Crippen LogP contribution in [0, 0.1) is 5.82 Å². The van der Waals surface area contributed by atoms with Crippen molar-refractivity contribution in [3.8, 4) is 0 Å². The van der Waals surface area contributed by atoms with Crippen LogP contribution in [-0.2, 0) is 4.79 Å².